The number of nitro groups is 1. The van der Waals surface area contributed by atoms with E-state index in [2.05, 4.69) is 26.2 Å². The smallest absolute Gasteiger partial charge is 0.404 e. The molecule has 1 atom stereocenters. The molecule has 1 aliphatic heterocycles. The van der Waals surface area contributed by atoms with E-state index < -0.39 is 11.0 Å². The summed E-state index contributed by atoms with van der Waals surface area (Å²) in [5.41, 5.74) is 1.28. The maximum Gasteiger partial charge on any atom is 0.404 e. The van der Waals surface area contributed by atoms with Crippen molar-refractivity contribution in [1.29, 1.82) is 0 Å². The predicted molar refractivity (Wildman–Crippen MR) is 91.5 cm³/mol. The number of hydrogen-bond acceptors (Lipinski definition) is 5. The van der Waals surface area contributed by atoms with E-state index in [0.717, 1.165) is 24.9 Å². The molecule has 2 N–H and O–H groups in total. The summed E-state index contributed by atoms with van der Waals surface area (Å²) >= 11 is 3.22. The topological polar surface area (TPSA) is 114 Å². The van der Waals surface area contributed by atoms with E-state index in [0.29, 0.717) is 22.5 Å². The fraction of sp³-hybridized carbons (Fsp3) is 0.429. The van der Waals surface area contributed by atoms with E-state index in [4.69, 9.17) is 5.11 Å². The first-order valence-electron chi connectivity index (χ1n) is 7.41. The summed E-state index contributed by atoms with van der Waals surface area (Å²) in [6.07, 6.45) is 0.591. The Labute approximate surface area is 145 Å². The monoisotopic (exact) mass is 397 g/mol. The van der Waals surface area contributed by atoms with Gasteiger partial charge >= 0.3 is 6.09 Å². The first-order chi connectivity index (χ1) is 11.4. The number of piperidine rings is 1. The van der Waals surface area contributed by atoms with Gasteiger partial charge in [-0.3, -0.25) is 10.1 Å². The highest BCUT2D eigenvalue weighted by molar-refractivity contribution is 9.10. The summed E-state index contributed by atoms with van der Waals surface area (Å²) in [4.78, 5) is 28.0. The van der Waals surface area contributed by atoms with Crippen LogP contribution >= 0.6 is 15.9 Å². The standard InChI is InChI=1S/C14H16BrN5O4/c1-18-12-5-9(15)11(20(23)24)6-10(12)17-13(18)19-4-2-3-8(7-19)16-14(21)22/h5-6,8,16H,2-4,7H2,1H3,(H,21,22)/t8-/m1/s1. The van der Waals surface area contributed by atoms with Crippen molar-refractivity contribution in [2.45, 2.75) is 18.9 Å². The molecule has 2 aromatic rings. The lowest BCUT2D eigenvalue weighted by molar-refractivity contribution is -0.385. The highest BCUT2D eigenvalue weighted by Gasteiger charge is 2.25. The summed E-state index contributed by atoms with van der Waals surface area (Å²) in [6.45, 7) is 1.28. The van der Waals surface area contributed by atoms with Crippen LogP contribution in [0.3, 0.4) is 0 Å². The molecule has 1 amide bonds. The van der Waals surface area contributed by atoms with Crippen LogP contribution < -0.4 is 10.2 Å². The maximum atomic E-state index is 11.1. The average molecular weight is 398 g/mol. The zero-order valence-corrected chi connectivity index (χ0v) is 14.5. The van der Waals surface area contributed by atoms with Gasteiger partial charge in [0.25, 0.3) is 5.69 Å². The zero-order chi connectivity index (χ0) is 17.4. The number of anilines is 1. The number of benzene rings is 1. The SMILES string of the molecule is Cn1c(N2CCC[C@@H](NC(=O)O)C2)nc2cc([N+](=O)[O-])c(Br)cc21. The number of hydrogen-bond donors (Lipinski definition) is 2. The number of nitrogens with one attached hydrogen (secondary N) is 1. The van der Waals surface area contributed by atoms with E-state index in [1.807, 2.05) is 16.5 Å². The largest absolute Gasteiger partial charge is 0.465 e. The van der Waals surface area contributed by atoms with Gasteiger partial charge in [0.1, 0.15) is 0 Å². The van der Waals surface area contributed by atoms with Crippen LogP contribution in [0, 0.1) is 10.1 Å². The number of amides is 1. The van der Waals surface area contributed by atoms with Crippen molar-refractivity contribution in [1.82, 2.24) is 14.9 Å². The van der Waals surface area contributed by atoms with Crippen molar-refractivity contribution >= 4 is 44.7 Å². The fourth-order valence-corrected chi connectivity index (χ4v) is 3.54. The Morgan fingerprint density at radius 3 is 2.96 bits per heavy atom. The molecule has 128 valence electrons. The van der Waals surface area contributed by atoms with Gasteiger partial charge in [-0.2, -0.15) is 0 Å². The number of nitrogens with zero attached hydrogens (tertiary/aromatic N) is 4. The third-order valence-electron chi connectivity index (χ3n) is 4.15. The lowest BCUT2D eigenvalue weighted by Crippen LogP contribution is -2.48. The minimum absolute atomic E-state index is 0.0313. The summed E-state index contributed by atoms with van der Waals surface area (Å²) in [7, 11) is 1.84. The van der Waals surface area contributed by atoms with Gasteiger partial charge in [0, 0.05) is 32.2 Å². The number of aryl methyl sites for hydroxylation is 1. The molecule has 0 aliphatic carbocycles. The van der Waals surface area contributed by atoms with Crippen LogP contribution in [-0.4, -0.2) is 44.8 Å². The van der Waals surface area contributed by atoms with Gasteiger partial charge in [-0.25, -0.2) is 9.78 Å². The van der Waals surface area contributed by atoms with Crippen LogP contribution in [0.1, 0.15) is 12.8 Å². The van der Waals surface area contributed by atoms with E-state index >= 15 is 0 Å². The van der Waals surface area contributed by atoms with Crippen molar-refractivity contribution in [3.8, 4) is 0 Å². The summed E-state index contributed by atoms with van der Waals surface area (Å²) in [5, 5.41) is 22.5. The van der Waals surface area contributed by atoms with Crippen LogP contribution in [-0.2, 0) is 7.05 Å². The lowest BCUT2D eigenvalue weighted by atomic mass is 10.1. The Bertz CT molecular complexity index is 821. The van der Waals surface area contributed by atoms with Gasteiger partial charge < -0.3 is 19.9 Å². The molecule has 1 fully saturated rings. The van der Waals surface area contributed by atoms with Gasteiger partial charge in [-0.1, -0.05) is 0 Å². The molecule has 3 rings (SSSR count). The van der Waals surface area contributed by atoms with Gasteiger partial charge in [0.05, 0.1) is 20.4 Å². The molecule has 24 heavy (non-hydrogen) atoms. The third-order valence-corrected chi connectivity index (χ3v) is 4.79. The van der Waals surface area contributed by atoms with Gasteiger partial charge in [-0.15, -0.1) is 0 Å². The third kappa shape index (κ3) is 3.01. The summed E-state index contributed by atoms with van der Waals surface area (Å²) in [6, 6.07) is 2.97. The molecule has 0 spiro atoms. The number of nitro benzene ring substituents is 1. The zero-order valence-electron chi connectivity index (χ0n) is 12.9. The Balaban J connectivity index is 1.96. The van der Waals surface area contributed by atoms with Gasteiger partial charge in [0.2, 0.25) is 5.95 Å². The van der Waals surface area contributed by atoms with Crippen molar-refractivity contribution < 1.29 is 14.8 Å². The first kappa shape index (κ1) is 16.5. The molecule has 0 unspecified atom stereocenters. The molecule has 1 aromatic carbocycles. The van der Waals surface area contributed by atoms with Crippen molar-refractivity contribution in [2.24, 2.45) is 7.05 Å². The number of fused-ring (bicyclic) bond motifs is 1. The van der Waals surface area contributed by atoms with Crippen molar-refractivity contribution in [3.63, 3.8) is 0 Å². The Hall–Kier alpha value is -2.36. The van der Waals surface area contributed by atoms with Gasteiger partial charge in [0.15, 0.2) is 0 Å². The number of rotatable bonds is 3. The second kappa shape index (κ2) is 6.27. The molecule has 0 saturated carbocycles. The van der Waals surface area contributed by atoms with Crippen LogP contribution in [0.15, 0.2) is 16.6 Å². The molecule has 1 aliphatic rings. The van der Waals surface area contributed by atoms with Crippen molar-refractivity contribution in [2.75, 3.05) is 18.0 Å². The number of halogens is 1. The van der Waals surface area contributed by atoms with Gasteiger partial charge in [-0.05, 0) is 34.8 Å². The fourth-order valence-electron chi connectivity index (χ4n) is 3.06. The Morgan fingerprint density at radius 1 is 1.54 bits per heavy atom. The normalized spacial score (nSPS) is 17.9. The van der Waals surface area contributed by atoms with E-state index in [9.17, 15) is 14.9 Å². The average Bonchev–Trinajstić information content (AvgIpc) is 2.82. The molecule has 9 nitrogen and oxygen atoms in total. The lowest BCUT2D eigenvalue weighted by Gasteiger charge is -2.33. The minimum Gasteiger partial charge on any atom is -0.465 e. The molecule has 1 aromatic heterocycles. The minimum atomic E-state index is -1.04. The molecule has 10 heteroatoms. The number of carbonyl (C=O) groups is 1. The van der Waals surface area contributed by atoms with E-state index in [1.54, 1.807) is 6.07 Å². The highest BCUT2D eigenvalue weighted by Crippen LogP contribution is 2.32. The van der Waals surface area contributed by atoms with Crippen LogP contribution in [0.5, 0.6) is 0 Å². The molecular weight excluding hydrogens is 382 g/mol. The van der Waals surface area contributed by atoms with Crippen molar-refractivity contribution in [3.05, 3.63) is 26.7 Å². The maximum absolute atomic E-state index is 11.1. The highest BCUT2D eigenvalue weighted by atomic mass is 79.9. The number of carboxylic acid groups (broad SMARTS) is 1. The van der Waals surface area contributed by atoms with E-state index in [-0.39, 0.29) is 11.7 Å². The van der Waals surface area contributed by atoms with Crippen LogP contribution in [0.4, 0.5) is 16.4 Å². The van der Waals surface area contributed by atoms with Crippen LogP contribution in [0.2, 0.25) is 0 Å². The van der Waals surface area contributed by atoms with E-state index in [1.165, 1.54) is 6.07 Å². The summed E-state index contributed by atoms with van der Waals surface area (Å²) in [5.74, 6) is 0.675. The second-order valence-corrected chi connectivity index (χ2v) is 6.61. The quantitative estimate of drug-likeness (QED) is 0.607. The molecule has 1 saturated heterocycles. The predicted octanol–water partition coefficient (Wildman–Crippen LogP) is 2.48. The molecule has 0 radical (unpaired) electrons. The number of imidazole rings is 1. The number of aromatic nitrogens is 2. The summed E-state index contributed by atoms with van der Waals surface area (Å²) < 4.78 is 2.27. The molecule has 2 heterocycles. The first-order valence-corrected chi connectivity index (χ1v) is 8.21. The second-order valence-electron chi connectivity index (χ2n) is 5.75. The van der Waals surface area contributed by atoms with Crippen LogP contribution in [0.25, 0.3) is 11.0 Å². The Morgan fingerprint density at radius 2 is 2.29 bits per heavy atom. The molecular formula is C14H16BrN5O4. The Kier molecular flexibility index (Phi) is 4.31. The molecule has 0 bridgehead atoms.